The summed E-state index contributed by atoms with van der Waals surface area (Å²) in [5.74, 6) is -1.11. The van der Waals surface area contributed by atoms with E-state index in [-0.39, 0.29) is 79.1 Å². The zero-order valence-electron chi connectivity index (χ0n) is 21.0. The molecule has 0 fully saturated rings. The average Bonchev–Trinajstić information content (AvgIpc) is 2.88. The zero-order valence-corrected chi connectivity index (χ0v) is 25.4. The summed E-state index contributed by atoms with van der Waals surface area (Å²) in [6, 6.07) is 15.5. The van der Waals surface area contributed by atoms with Crippen LogP contribution in [-0.4, -0.2) is 26.0 Å². The molecule has 4 aromatic rings. The molecule has 9 nitrogen and oxygen atoms in total. The number of carbonyl (C=O) groups is 1. The molecule has 0 saturated heterocycles. The molecule has 0 radical (unpaired) electrons. The van der Waals surface area contributed by atoms with Crippen LogP contribution < -0.4 is 44.7 Å². The molecule has 0 spiro atoms. The second-order valence-electron chi connectivity index (χ2n) is 8.00. The van der Waals surface area contributed by atoms with Crippen molar-refractivity contribution in [2.24, 2.45) is 10.2 Å². The monoisotopic (exact) mass is 595 g/mol. The van der Waals surface area contributed by atoms with Gasteiger partial charge in [0, 0.05) is 10.9 Å². The Bertz CT molecular complexity index is 1710. The van der Waals surface area contributed by atoms with Crippen molar-refractivity contribution < 1.29 is 57.2 Å². The summed E-state index contributed by atoms with van der Waals surface area (Å²) in [6.45, 7) is 1.66. The van der Waals surface area contributed by atoms with Crippen LogP contribution in [0.15, 0.2) is 75.8 Å². The van der Waals surface area contributed by atoms with E-state index >= 15 is 0 Å². The normalized spacial score (nSPS) is 11.4. The van der Waals surface area contributed by atoms with E-state index in [0.29, 0.717) is 16.5 Å². The van der Waals surface area contributed by atoms with Gasteiger partial charge in [-0.05, 0) is 47.7 Å². The first-order valence-corrected chi connectivity index (χ1v) is 13.3. The van der Waals surface area contributed by atoms with E-state index in [0.717, 1.165) is 6.07 Å². The van der Waals surface area contributed by atoms with E-state index < -0.39 is 21.8 Å². The van der Waals surface area contributed by atoms with Crippen LogP contribution >= 0.6 is 23.2 Å². The minimum atomic E-state index is -4.51. The Labute approximate surface area is 256 Å². The van der Waals surface area contributed by atoms with Gasteiger partial charge < -0.3 is 15.2 Å². The summed E-state index contributed by atoms with van der Waals surface area (Å²) >= 11 is 12.6. The van der Waals surface area contributed by atoms with Gasteiger partial charge in [0.15, 0.2) is 0 Å². The minimum absolute atomic E-state index is 0. The van der Waals surface area contributed by atoms with E-state index in [1.54, 1.807) is 49.4 Å². The number of azo groups is 1. The van der Waals surface area contributed by atoms with Crippen LogP contribution in [0.3, 0.4) is 0 Å². The number of hydrogen-bond donors (Lipinski definition) is 2. The number of rotatable bonds is 7. The molecule has 0 heterocycles. The van der Waals surface area contributed by atoms with Crippen molar-refractivity contribution in [1.82, 2.24) is 0 Å². The zero-order chi connectivity index (χ0) is 27.6. The van der Waals surface area contributed by atoms with Crippen LogP contribution in [0.4, 0.5) is 17.1 Å². The van der Waals surface area contributed by atoms with Crippen molar-refractivity contribution in [2.45, 2.75) is 18.2 Å². The first-order valence-electron chi connectivity index (χ1n) is 11.1. The summed E-state index contributed by atoms with van der Waals surface area (Å²) in [7, 11) is -3.08. The number of amides is 1. The summed E-state index contributed by atoms with van der Waals surface area (Å²) in [4.78, 5) is 12.9. The quantitative estimate of drug-likeness (QED) is 0.189. The fraction of sp³-hybridized carbons (Fsp3) is 0.115. The maximum Gasteiger partial charge on any atom is 1.00 e. The second kappa shape index (κ2) is 12.6. The molecule has 0 aliphatic heterocycles. The number of carbonyl (C=O) groups excluding carboxylic acids is 1. The van der Waals surface area contributed by atoms with Crippen LogP contribution in [0.2, 0.25) is 10.0 Å². The van der Waals surface area contributed by atoms with Crippen molar-refractivity contribution in [3.63, 3.8) is 0 Å². The molecular weight excluding hydrogens is 576 g/mol. The number of hydrogen-bond acceptors (Lipinski definition) is 7. The largest absolute Gasteiger partial charge is 1.00 e. The molecule has 13 heteroatoms. The Kier molecular flexibility index (Phi) is 10.0. The number of benzene rings is 4. The van der Waals surface area contributed by atoms with E-state index in [9.17, 15) is 22.9 Å². The Morgan fingerprint density at radius 3 is 2.46 bits per heavy atom. The van der Waals surface area contributed by atoms with Gasteiger partial charge >= 0.3 is 29.6 Å². The molecule has 1 amide bonds. The Balaban J connectivity index is 0.00000420. The molecule has 4 rings (SSSR count). The maximum absolute atomic E-state index is 13.4. The number of nitrogens with zero attached hydrogens (tertiary/aromatic N) is 2. The van der Waals surface area contributed by atoms with E-state index in [1.165, 1.54) is 19.2 Å². The van der Waals surface area contributed by atoms with Crippen molar-refractivity contribution in [3.05, 3.63) is 81.8 Å². The molecule has 0 saturated carbocycles. The molecule has 0 aliphatic rings. The standard InChI is InChI=1S/C26H21Cl2N3O6S.Na/c1-3-15-21(38(34,35)36)12-11-19(22(15)28)30-31-23-16-8-5-4-7-14(16)13-17(25(23)32)26(33)29-24-18(27)9-6-10-20(24)37-2;/h4-13,32H,3H2,1-2H3,(H,29,33)(H,34,35,36);/q;+1/p-1. The van der Waals surface area contributed by atoms with Crippen LogP contribution in [0, 0.1) is 0 Å². The number of halogens is 2. The predicted octanol–water partition coefficient (Wildman–Crippen LogP) is 3.71. The smallest absolute Gasteiger partial charge is 0.870 e. The molecule has 0 unspecified atom stereocenters. The summed E-state index contributed by atoms with van der Waals surface area (Å²) in [6.07, 6.45) is 0.189. The fourth-order valence-electron chi connectivity index (χ4n) is 3.90. The average molecular weight is 596 g/mol. The van der Waals surface area contributed by atoms with Crippen molar-refractivity contribution in [1.29, 1.82) is 0 Å². The number of methoxy groups -OCH3 is 1. The molecule has 0 aliphatic carbocycles. The van der Waals surface area contributed by atoms with Crippen LogP contribution in [0.1, 0.15) is 22.8 Å². The number of ether oxygens (including phenoxy) is 1. The topological polar surface area (TPSA) is 140 Å². The van der Waals surface area contributed by atoms with E-state index in [4.69, 9.17) is 27.9 Å². The first kappa shape index (κ1) is 30.8. The summed E-state index contributed by atoms with van der Waals surface area (Å²) in [5.41, 5.74) is 0.110. The van der Waals surface area contributed by atoms with Gasteiger partial charge in [-0.15, -0.1) is 5.11 Å². The van der Waals surface area contributed by atoms with Gasteiger partial charge in [-0.25, -0.2) is 0 Å². The van der Waals surface area contributed by atoms with Gasteiger partial charge in [-0.3, -0.25) is 9.35 Å². The fourth-order valence-corrected chi connectivity index (χ4v) is 5.30. The van der Waals surface area contributed by atoms with Gasteiger partial charge in [-0.1, -0.05) is 66.2 Å². The SMILES string of the molecule is CCc1c(S(=O)(=O)O)ccc(N=Nc2c([O-])c(C(=O)Nc3c(Cl)cccc3OC)cc3ccccc23)c1Cl.[Na+]. The van der Waals surface area contributed by atoms with Gasteiger partial charge in [0.25, 0.3) is 16.0 Å². The summed E-state index contributed by atoms with van der Waals surface area (Å²) in [5, 5.41) is 25.5. The van der Waals surface area contributed by atoms with Gasteiger partial charge in [0.1, 0.15) is 17.1 Å². The first-order chi connectivity index (χ1) is 18.1. The third kappa shape index (κ3) is 6.38. The van der Waals surface area contributed by atoms with Crippen molar-refractivity contribution >= 4 is 67.1 Å². The molecule has 39 heavy (non-hydrogen) atoms. The Morgan fingerprint density at radius 1 is 1.08 bits per heavy atom. The van der Waals surface area contributed by atoms with Gasteiger partial charge in [-0.2, -0.15) is 13.5 Å². The van der Waals surface area contributed by atoms with Crippen LogP contribution in [0.25, 0.3) is 10.8 Å². The Hall–Kier alpha value is -2.70. The number of fused-ring (bicyclic) bond motifs is 1. The molecule has 4 aromatic carbocycles. The summed E-state index contributed by atoms with van der Waals surface area (Å²) < 4.78 is 38.1. The molecule has 0 aromatic heterocycles. The molecule has 0 bridgehead atoms. The number of anilines is 1. The Morgan fingerprint density at radius 2 is 1.79 bits per heavy atom. The molecule has 2 N–H and O–H groups in total. The van der Waals surface area contributed by atoms with Crippen LogP contribution in [-0.2, 0) is 16.5 Å². The molecule has 196 valence electrons. The van der Waals surface area contributed by atoms with Gasteiger partial charge in [0.05, 0.1) is 27.7 Å². The third-order valence-corrected chi connectivity index (χ3v) is 7.40. The number of para-hydroxylation sites is 1. The minimum Gasteiger partial charge on any atom is -0.870 e. The second-order valence-corrected chi connectivity index (χ2v) is 10.2. The van der Waals surface area contributed by atoms with Crippen molar-refractivity contribution in [2.75, 3.05) is 12.4 Å². The van der Waals surface area contributed by atoms with E-state index in [1.807, 2.05) is 0 Å². The van der Waals surface area contributed by atoms with Crippen molar-refractivity contribution in [3.8, 4) is 11.5 Å². The molecular formula is C26H20Cl2N3NaO6S. The predicted molar refractivity (Wildman–Crippen MR) is 144 cm³/mol. The number of nitrogens with one attached hydrogen (secondary N) is 1. The van der Waals surface area contributed by atoms with Gasteiger partial charge in [0.2, 0.25) is 0 Å². The maximum atomic E-state index is 13.4. The molecule has 0 atom stereocenters. The van der Waals surface area contributed by atoms with E-state index in [2.05, 4.69) is 15.5 Å². The van der Waals surface area contributed by atoms with Crippen LogP contribution in [0.5, 0.6) is 11.5 Å². The third-order valence-electron chi connectivity index (χ3n) is 5.72.